The lowest BCUT2D eigenvalue weighted by Gasteiger charge is -2.19. The second-order valence-corrected chi connectivity index (χ2v) is 5.64. The van der Waals surface area contributed by atoms with Gasteiger partial charge < -0.3 is 15.2 Å². The molecular weight excluding hydrogens is 274 g/mol. The van der Waals surface area contributed by atoms with Crippen molar-refractivity contribution >= 4 is 28.7 Å². The molecule has 7 heteroatoms. The highest BCUT2D eigenvalue weighted by Crippen LogP contribution is 2.28. The number of amides is 1. The maximum Gasteiger partial charge on any atom is 0.420 e. The van der Waals surface area contributed by atoms with Crippen LogP contribution in [0.5, 0.6) is 5.75 Å². The zero-order valence-corrected chi connectivity index (χ0v) is 12.3. The number of fused-ring (bicyclic) bond motifs is 1. The maximum atomic E-state index is 12.2. The molecule has 1 amide bonds. The molecule has 0 unspecified atom stereocenters. The number of carbonyl (C=O) groups excluding carboxylic acids is 2. The van der Waals surface area contributed by atoms with Gasteiger partial charge in [-0.2, -0.15) is 0 Å². The van der Waals surface area contributed by atoms with Crippen LogP contribution in [0.3, 0.4) is 0 Å². The van der Waals surface area contributed by atoms with Crippen molar-refractivity contribution in [1.29, 1.82) is 0 Å². The van der Waals surface area contributed by atoms with Gasteiger partial charge >= 0.3 is 6.09 Å². The first kappa shape index (κ1) is 14.8. The predicted octanol–water partition coefficient (Wildman–Crippen LogP) is 2.48. The van der Waals surface area contributed by atoms with Gasteiger partial charge in [0, 0.05) is 18.5 Å². The lowest BCUT2D eigenvalue weighted by atomic mass is 10.2. The Bertz CT molecular complexity index is 713. The summed E-state index contributed by atoms with van der Waals surface area (Å²) < 4.78 is 6.49. The smallest absolute Gasteiger partial charge is 0.420 e. The Hall–Kier alpha value is -2.57. The molecule has 21 heavy (non-hydrogen) atoms. The van der Waals surface area contributed by atoms with Gasteiger partial charge in [-0.25, -0.2) is 14.3 Å². The number of nitrogens with one attached hydrogen (secondary N) is 1. The van der Waals surface area contributed by atoms with Crippen LogP contribution >= 0.6 is 0 Å². The summed E-state index contributed by atoms with van der Waals surface area (Å²) in [4.78, 5) is 27.4. The van der Waals surface area contributed by atoms with Crippen LogP contribution in [0.15, 0.2) is 18.5 Å². The van der Waals surface area contributed by atoms with Gasteiger partial charge in [0.2, 0.25) is 5.91 Å². The molecule has 2 N–H and O–H groups in total. The van der Waals surface area contributed by atoms with Crippen LogP contribution in [0.1, 0.15) is 27.7 Å². The van der Waals surface area contributed by atoms with Crippen LogP contribution in [0.4, 0.5) is 10.5 Å². The molecular formula is C14H17N3O4. The normalized spacial score (nSPS) is 11.4. The van der Waals surface area contributed by atoms with Crippen LogP contribution < -0.4 is 5.32 Å². The van der Waals surface area contributed by atoms with Crippen molar-refractivity contribution < 1.29 is 19.4 Å². The Kier molecular flexibility index (Phi) is 3.59. The van der Waals surface area contributed by atoms with E-state index in [-0.39, 0.29) is 11.7 Å². The van der Waals surface area contributed by atoms with Gasteiger partial charge in [0.15, 0.2) is 5.65 Å². The van der Waals surface area contributed by atoms with E-state index in [0.717, 1.165) is 0 Å². The summed E-state index contributed by atoms with van der Waals surface area (Å²) in [6.07, 6.45) is 2.04. The van der Waals surface area contributed by atoms with E-state index in [9.17, 15) is 14.7 Å². The summed E-state index contributed by atoms with van der Waals surface area (Å²) in [5.74, 6) is -0.349. The van der Waals surface area contributed by atoms with Gasteiger partial charge in [-0.3, -0.25) is 4.79 Å². The molecule has 0 bridgehead atoms. The van der Waals surface area contributed by atoms with Crippen molar-refractivity contribution in [3.8, 4) is 5.75 Å². The summed E-state index contributed by atoms with van der Waals surface area (Å²) in [5, 5.41) is 12.6. The molecule has 0 fully saturated rings. The van der Waals surface area contributed by atoms with Crippen LogP contribution in [-0.2, 0) is 9.53 Å². The van der Waals surface area contributed by atoms with E-state index in [1.54, 1.807) is 20.8 Å². The number of hydrogen-bond acceptors (Lipinski definition) is 5. The molecule has 0 saturated heterocycles. The maximum absolute atomic E-state index is 12.2. The fourth-order valence-electron chi connectivity index (χ4n) is 1.84. The standard InChI is InChI=1S/C14H17N3O4/c1-8(18)16-11-7-17(13(20)21-14(2,3)4)12-10(11)5-9(19)6-15-12/h5-7,19H,1-4H3,(H,16,18). The molecule has 0 aliphatic heterocycles. The number of aromatic hydroxyl groups is 1. The van der Waals surface area contributed by atoms with Crippen LogP contribution in [0.2, 0.25) is 0 Å². The Morgan fingerprint density at radius 2 is 2.05 bits per heavy atom. The molecule has 2 rings (SSSR count). The molecule has 112 valence electrons. The highest BCUT2D eigenvalue weighted by molar-refractivity contribution is 6.03. The topological polar surface area (TPSA) is 93.5 Å². The van der Waals surface area contributed by atoms with E-state index in [4.69, 9.17) is 4.74 Å². The predicted molar refractivity (Wildman–Crippen MR) is 77.3 cm³/mol. The first-order valence-electron chi connectivity index (χ1n) is 6.38. The Labute approximate surface area is 121 Å². The number of nitrogens with zero attached hydrogens (tertiary/aromatic N) is 2. The molecule has 0 radical (unpaired) electrons. The molecule has 0 atom stereocenters. The number of rotatable bonds is 1. The third-order valence-corrected chi connectivity index (χ3v) is 2.53. The van der Waals surface area contributed by atoms with Crippen molar-refractivity contribution in [2.75, 3.05) is 5.32 Å². The van der Waals surface area contributed by atoms with Gasteiger partial charge in [-0.1, -0.05) is 0 Å². The van der Waals surface area contributed by atoms with E-state index in [2.05, 4.69) is 10.3 Å². The molecule has 0 spiro atoms. The fraction of sp³-hybridized carbons (Fsp3) is 0.357. The molecule has 2 aromatic heterocycles. The number of pyridine rings is 1. The van der Waals surface area contributed by atoms with Crippen molar-refractivity contribution in [3.63, 3.8) is 0 Å². The molecule has 2 heterocycles. The first-order valence-corrected chi connectivity index (χ1v) is 6.38. The Balaban J connectivity index is 2.54. The first-order chi connectivity index (χ1) is 9.67. The summed E-state index contributed by atoms with van der Waals surface area (Å²) in [5.41, 5.74) is 0.0243. The summed E-state index contributed by atoms with van der Waals surface area (Å²) >= 11 is 0. The number of anilines is 1. The van der Waals surface area contributed by atoms with Gasteiger partial charge in [0.25, 0.3) is 0 Å². The van der Waals surface area contributed by atoms with Crippen LogP contribution in [0.25, 0.3) is 11.0 Å². The number of hydrogen-bond donors (Lipinski definition) is 2. The summed E-state index contributed by atoms with van der Waals surface area (Å²) in [6, 6.07) is 1.43. The lowest BCUT2D eigenvalue weighted by molar-refractivity contribution is -0.114. The minimum absolute atomic E-state index is 0.0592. The number of carbonyl (C=O) groups is 2. The zero-order chi connectivity index (χ0) is 15.8. The minimum Gasteiger partial charge on any atom is -0.506 e. The molecule has 7 nitrogen and oxygen atoms in total. The Morgan fingerprint density at radius 3 is 2.62 bits per heavy atom. The summed E-state index contributed by atoms with van der Waals surface area (Å²) in [7, 11) is 0. The van der Waals surface area contributed by atoms with Crippen molar-refractivity contribution in [1.82, 2.24) is 9.55 Å². The van der Waals surface area contributed by atoms with E-state index >= 15 is 0 Å². The van der Waals surface area contributed by atoms with E-state index < -0.39 is 11.7 Å². The van der Waals surface area contributed by atoms with Gasteiger partial charge in [0.1, 0.15) is 11.4 Å². The largest absolute Gasteiger partial charge is 0.506 e. The average Bonchev–Trinajstić information content (AvgIpc) is 2.65. The molecule has 0 aliphatic carbocycles. The number of ether oxygens (including phenoxy) is 1. The molecule has 0 aliphatic rings. The highest BCUT2D eigenvalue weighted by Gasteiger charge is 2.22. The van der Waals surface area contributed by atoms with Crippen molar-refractivity contribution in [3.05, 3.63) is 18.5 Å². The van der Waals surface area contributed by atoms with Crippen molar-refractivity contribution in [2.24, 2.45) is 0 Å². The highest BCUT2D eigenvalue weighted by atomic mass is 16.6. The van der Waals surface area contributed by atoms with E-state index in [0.29, 0.717) is 16.7 Å². The van der Waals surface area contributed by atoms with Crippen LogP contribution in [0, 0.1) is 0 Å². The zero-order valence-electron chi connectivity index (χ0n) is 12.3. The minimum atomic E-state index is -0.654. The Morgan fingerprint density at radius 1 is 1.38 bits per heavy atom. The quantitative estimate of drug-likeness (QED) is 0.842. The molecule has 0 saturated carbocycles. The van der Waals surface area contributed by atoms with Gasteiger partial charge in [-0.15, -0.1) is 0 Å². The third kappa shape index (κ3) is 3.31. The van der Waals surface area contributed by atoms with Gasteiger partial charge in [-0.05, 0) is 26.8 Å². The second-order valence-electron chi connectivity index (χ2n) is 5.64. The van der Waals surface area contributed by atoms with Crippen molar-refractivity contribution in [2.45, 2.75) is 33.3 Å². The van der Waals surface area contributed by atoms with E-state index in [1.807, 2.05) is 0 Å². The summed E-state index contributed by atoms with van der Waals surface area (Å²) in [6.45, 7) is 6.62. The molecule has 2 aromatic rings. The lowest BCUT2D eigenvalue weighted by Crippen LogP contribution is -2.26. The number of aromatic nitrogens is 2. The van der Waals surface area contributed by atoms with E-state index in [1.165, 1.54) is 30.0 Å². The SMILES string of the molecule is CC(=O)Nc1cn(C(=O)OC(C)(C)C)c2ncc(O)cc12. The average molecular weight is 291 g/mol. The van der Waals surface area contributed by atoms with Gasteiger partial charge in [0.05, 0.1) is 11.9 Å². The molecule has 0 aromatic carbocycles. The third-order valence-electron chi connectivity index (χ3n) is 2.53. The monoisotopic (exact) mass is 291 g/mol. The fourth-order valence-corrected chi connectivity index (χ4v) is 1.84. The second kappa shape index (κ2) is 5.08. The van der Waals surface area contributed by atoms with Crippen LogP contribution in [-0.4, -0.2) is 32.3 Å².